The van der Waals surface area contributed by atoms with Crippen LogP contribution in [0.2, 0.25) is 0 Å². The molecule has 0 radical (unpaired) electrons. The van der Waals surface area contributed by atoms with Crippen molar-refractivity contribution in [2.24, 2.45) is 11.8 Å². The largest absolute Gasteiger partial charge is 0.342 e. The van der Waals surface area contributed by atoms with Crippen LogP contribution >= 0.6 is 11.6 Å². The summed E-state index contributed by atoms with van der Waals surface area (Å²) in [4.78, 5) is 26.6. The van der Waals surface area contributed by atoms with Crippen molar-refractivity contribution in [1.29, 1.82) is 0 Å². The van der Waals surface area contributed by atoms with E-state index in [2.05, 4.69) is 5.32 Å². The Morgan fingerprint density at radius 2 is 1.95 bits per heavy atom. The van der Waals surface area contributed by atoms with Crippen molar-refractivity contribution < 1.29 is 9.59 Å². The van der Waals surface area contributed by atoms with Gasteiger partial charge in [0.2, 0.25) is 11.8 Å². The predicted octanol–water partition coefficient (Wildman–Crippen LogP) is 2.53. The Kier molecular flexibility index (Phi) is 6.06. The maximum Gasteiger partial charge on any atom is 0.246 e. The Morgan fingerprint density at radius 3 is 2.40 bits per heavy atom. The van der Waals surface area contributed by atoms with Crippen molar-refractivity contribution in [2.45, 2.75) is 53.1 Å². The number of carbonyl (C=O) groups excluding carboxylic acids is 2. The number of nitrogens with zero attached hydrogens (tertiary/aromatic N) is 1. The molecule has 0 saturated carbocycles. The first kappa shape index (κ1) is 17.0. The number of amides is 2. The van der Waals surface area contributed by atoms with Crippen LogP contribution in [0.15, 0.2) is 11.1 Å². The van der Waals surface area contributed by atoms with Crippen LogP contribution in [0.1, 0.15) is 41.0 Å². The zero-order chi connectivity index (χ0) is 15.4. The van der Waals surface area contributed by atoms with Crippen molar-refractivity contribution in [3.05, 3.63) is 11.1 Å². The lowest BCUT2D eigenvalue weighted by Crippen LogP contribution is -2.65. The summed E-state index contributed by atoms with van der Waals surface area (Å²) in [5, 5.41) is 2.87. The second-order valence-corrected chi connectivity index (χ2v) is 6.52. The molecule has 114 valence electrons. The summed E-state index contributed by atoms with van der Waals surface area (Å²) in [6.45, 7) is 10.3. The number of carbonyl (C=O) groups is 2. The van der Waals surface area contributed by atoms with Crippen LogP contribution in [0.4, 0.5) is 0 Å². The highest BCUT2D eigenvalue weighted by Crippen LogP contribution is 2.21. The molecule has 0 aromatic heterocycles. The smallest absolute Gasteiger partial charge is 0.246 e. The topological polar surface area (TPSA) is 49.4 Å². The summed E-state index contributed by atoms with van der Waals surface area (Å²) < 4.78 is 0. The Labute approximate surface area is 126 Å². The molecule has 1 saturated heterocycles. The van der Waals surface area contributed by atoms with E-state index in [4.69, 9.17) is 11.6 Å². The zero-order valence-corrected chi connectivity index (χ0v) is 13.7. The number of hydrogen-bond donors (Lipinski definition) is 1. The fraction of sp³-hybridized carbons (Fsp3) is 0.733. The van der Waals surface area contributed by atoms with Crippen molar-refractivity contribution in [2.75, 3.05) is 6.54 Å². The first-order chi connectivity index (χ1) is 9.27. The summed E-state index contributed by atoms with van der Waals surface area (Å²) in [6, 6.07) is -0.835. The molecule has 0 spiro atoms. The Bertz CT molecular complexity index is 405. The molecule has 1 aliphatic rings. The van der Waals surface area contributed by atoms with Gasteiger partial charge in [-0.3, -0.25) is 9.59 Å². The summed E-state index contributed by atoms with van der Waals surface area (Å²) in [6.07, 6.45) is 0.662. The van der Waals surface area contributed by atoms with E-state index >= 15 is 0 Å². The monoisotopic (exact) mass is 300 g/mol. The third-order valence-corrected chi connectivity index (χ3v) is 3.82. The molecular formula is C15H25ClN2O2. The van der Waals surface area contributed by atoms with Crippen LogP contribution in [-0.2, 0) is 9.59 Å². The van der Waals surface area contributed by atoms with E-state index < -0.39 is 12.1 Å². The van der Waals surface area contributed by atoms with Crippen LogP contribution in [0.3, 0.4) is 0 Å². The van der Waals surface area contributed by atoms with Gasteiger partial charge in [-0.15, -0.1) is 0 Å². The van der Waals surface area contributed by atoms with Gasteiger partial charge in [0, 0.05) is 12.1 Å². The van der Waals surface area contributed by atoms with Crippen LogP contribution in [0, 0.1) is 11.8 Å². The minimum atomic E-state index is -0.419. The van der Waals surface area contributed by atoms with Crippen molar-refractivity contribution in [1.82, 2.24) is 10.2 Å². The van der Waals surface area contributed by atoms with E-state index in [-0.39, 0.29) is 17.7 Å². The molecule has 1 heterocycles. The Balaban J connectivity index is 3.01. The van der Waals surface area contributed by atoms with E-state index in [1.54, 1.807) is 4.90 Å². The second kappa shape index (κ2) is 7.11. The average molecular weight is 301 g/mol. The number of piperazine rings is 1. The van der Waals surface area contributed by atoms with E-state index in [1.165, 1.54) is 5.54 Å². The normalized spacial score (nSPS) is 24.6. The number of halogens is 1. The number of hydrogen-bond acceptors (Lipinski definition) is 2. The highest BCUT2D eigenvalue weighted by Gasteiger charge is 2.41. The Morgan fingerprint density at radius 1 is 1.35 bits per heavy atom. The molecular weight excluding hydrogens is 276 g/mol. The molecule has 5 heteroatoms. The van der Waals surface area contributed by atoms with Crippen molar-refractivity contribution >= 4 is 23.4 Å². The summed E-state index contributed by atoms with van der Waals surface area (Å²) in [5.74, 6) is 0.357. The maximum absolute atomic E-state index is 12.6. The third kappa shape index (κ3) is 3.98. The highest BCUT2D eigenvalue weighted by molar-refractivity contribution is 6.25. The van der Waals surface area contributed by atoms with Gasteiger partial charge in [-0.2, -0.15) is 0 Å². The van der Waals surface area contributed by atoms with Crippen molar-refractivity contribution in [3.8, 4) is 0 Å². The number of nitrogens with one attached hydrogen (secondary N) is 1. The van der Waals surface area contributed by atoms with Gasteiger partial charge in [-0.05, 0) is 30.8 Å². The molecule has 2 atom stereocenters. The first-order valence-corrected chi connectivity index (χ1v) is 7.58. The summed E-state index contributed by atoms with van der Waals surface area (Å²) in [5.41, 5.74) is 2.35. The van der Waals surface area contributed by atoms with Gasteiger partial charge in [0.25, 0.3) is 0 Å². The number of rotatable bonds is 5. The third-order valence-electron chi connectivity index (χ3n) is 3.45. The standard InChI is InChI=1S/C15H25ClN2O2/c1-9(2)6-12-15(20)18(8-11(5)7-16)13(10(3)4)14(19)17-12/h7,9-10,12-13H,6,8H2,1-5H3,(H,17,19). The SMILES string of the molecule is CC(=CCl)CN1C(=O)C(CC(C)C)NC(=O)C1C(C)C. The maximum atomic E-state index is 12.6. The van der Waals surface area contributed by atoms with Gasteiger partial charge >= 0.3 is 0 Å². The van der Waals surface area contributed by atoms with E-state index in [9.17, 15) is 9.59 Å². The minimum Gasteiger partial charge on any atom is -0.342 e. The molecule has 20 heavy (non-hydrogen) atoms. The quantitative estimate of drug-likeness (QED) is 0.848. The fourth-order valence-corrected chi connectivity index (χ4v) is 2.64. The molecule has 2 unspecified atom stereocenters. The molecule has 4 nitrogen and oxygen atoms in total. The molecule has 2 amide bonds. The molecule has 1 N–H and O–H groups in total. The fourth-order valence-electron chi connectivity index (χ4n) is 2.57. The second-order valence-electron chi connectivity index (χ2n) is 6.30. The van der Waals surface area contributed by atoms with E-state index in [0.29, 0.717) is 18.9 Å². The molecule has 1 aliphatic heterocycles. The van der Waals surface area contributed by atoms with Crippen LogP contribution in [-0.4, -0.2) is 35.3 Å². The van der Waals surface area contributed by atoms with Gasteiger partial charge in [0.05, 0.1) is 0 Å². The minimum absolute atomic E-state index is 0.00475. The zero-order valence-electron chi connectivity index (χ0n) is 12.9. The van der Waals surface area contributed by atoms with Crippen LogP contribution in [0.5, 0.6) is 0 Å². The van der Waals surface area contributed by atoms with Crippen LogP contribution < -0.4 is 5.32 Å². The molecule has 1 rings (SSSR count). The molecule has 0 bridgehead atoms. The van der Waals surface area contributed by atoms with Gasteiger partial charge in [0.1, 0.15) is 12.1 Å². The molecule has 0 aromatic rings. The van der Waals surface area contributed by atoms with Gasteiger partial charge in [-0.25, -0.2) is 0 Å². The molecule has 0 aromatic carbocycles. The van der Waals surface area contributed by atoms with E-state index in [0.717, 1.165) is 5.57 Å². The van der Waals surface area contributed by atoms with Gasteiger partial charge in [-0.1, -0.05) is 39.3 Å². The highest BCUT2D eigenvalue weighted by atomic mass is 35.5. The molecule has 1 fully saturated rings. The molecule has 0 aliphatic carbocycles. The lowest BCUT2D eigenvalue weighted by atomic mass is 9.93. The van der Waals surface area contributed by atoms with Crippen molar-refractivity contribution in [3.63, 3.8) is 0 Å². The van der Waals surface area contributed by atoms with E-state index in [1.807, 2.05) is 34.6 Å². The van der Waals surface area contributed by atoms with Gasteiger partial charge in [0.15, 0.2) is 0 Å². The average Bonchev–Trinajstić information content (AvgIpc) is 2.33. The summed E-state index contributed by atoms with van der Waals surface area (Å²) in [7, 11) is 0. The van der Waals surface area contributed by atoms with Gasteiger partial charge < -0.3 is 10.2 Å². The summed E-state index contributed by atoms with van der Waals surface area (Å²) >= 11 is 5.70. The predicted molar refractivity (Wildman–Crippen MR) is 81.3 cm³/mol. The Hall–Kier alpha value is -1.03. The van der Waals surface area contributed by atoms with Crippen LogP contribution in [0.25, 0.3) is 0 Å². The lowest BCUT2D eigenvalue weighted by Gasteiger charge is -2.41. The lowest BCUT2D eigenvalue weighted by molar-refractivity contribution is -0.151. The first-order valence-electron chi connectivity index (χ1n) is 7.14.